The van der Waals surface area contributed by atoms with Crippen molar-refractivity contribution in [3.8, 4) is 5.75 Å². The second-order valence-corrected chi connectivity index (χ2v) is 9.04. The number of methoxy groups -OCH3 is 1. The van der Waals surface area contributed by atoms with Crippen LogP contribution in [0.15, 0.2) is 34.8 Å². The van der Waals surface area contributed by atoms with Gasteiger partial charge in [-0.1, -0.05) is 42.2 Å². The van der Waals surface area contributed by atoms with E-state index in [0.717, 1.165) is 29.9 Å². The van der Waals surface area contributed by atoms with Crippen LogP contribution in [0, 0.1) is 18.3 Å². The molecule has 27 heavy (non-hydrogen) atoms. The third-order valence-corrected chi connectivity index (χ3v) is 7.36. The van der Waals surface area contributed by atoms with E-state index >= 15 is 0 Å². The van der Waals surface area contributed by atoms with Gasteiger partial charge < -0.3 is 4.74 Å². The molecule has 0 unspecified atom stereocenters. The molecule has 0 amide bonds. The Hall–Kier alpha value is -1.90. The number of ether oxygens (including phenoxy) is 1. The molecule has 2 aliphatic carbocycles. The van der Waals surface area contributed by atoms with Crippen molar-refractivity contribution in [3.05, 3.63) is 41.0 Å². The second kappa shape index (κ2) is 6.32. The Balaban J connectivity index is 1.80. The van der Waals surface area contributed by atoms with E-state index in [1.54, 1.807) is 7.11 Å². The molecule has 3 nitrogen and oxygen atoms in total. The molecule has 1 heterocycles. The van der Waals surface area contributed by atoms with Crippen LogP contribution in [-0.2, 0) is 4.79 Å². The Morgan fingerprint density at radius 3 is 2.70 bits per heavy atom. The number of Topliss-reactive ketones (excluding diaryl/α,β-unsaturated/α-hetero) is 1. The van der Waals surface area contributed by atoms with Crippen molar-refractivity contribution in [1.29, 1.82) is 0 Å². The average Bonchev–Trinajstić information content (AvgIpc) is 2.85. The summed E-state index contributed by atoms with van der Waals surface area (Å²) in [6.07, 6.45) is 7.46. The number of allylic oxidation sites excluding steroid dienone is 2. The van der Waals surface area contributed by atoms with Crippen molar-refractivity contribution in [2.75, 3.05) is 7.11 Å². The topological polar surface area (TPSA) is 38.7 Å². The van der Waals surface area contributed by atoms with Crippen LogP contribution in [-0.4, -0.2) is 24.1 Å². The zero-order valence-corrected chi connectivity index (χ0v) is 17.3. The van der Waals surface area contributed by atoms with Crippen molar-refractivity contribution >= 4 is 11.5 Å². The highest BCUT2D eigenvalue weighted by Gasteiger charge is 2.60. The van der Waals surface area contributed by atoms with Gasteiger partial charge in [0.1, 0.15) is 11.5 Å². The van der Waals surface area contributed by atoms with Gasteiger partial charge in [0.15, 0.2) is 0 Å². The van der Waals surface area contributed by atoms with Crippen molar-refractivity contribution in [2.45, 2.75) is 71.3 Å². The molecule has 0 bridgehead atoms. The molecule has 1 spiro atoms. The van der Waals surface area contributed by atoms with Gasteiger partial charge in [-0.15, -0.1) is 0 Å². The molecule has 4 rings (SSSR count). The standard InChI is InChI=1S/C24H31NO2/c1-15-9-10-20(27-5)19(12-15)18-13-22(26)24(14-16(18)2)17(3)25-23(4)11-7-6-8-21(23)24/h9-10,12,14,18,21H,6-8,11,13H2,1-5H3/t18-,21-,23-,24-/m1/s1. The Labute approximate surface area is 162 Å². The van der Waals surface area contributed by atoms with E-state index < -0.39 is 5.41 Å². The first-order valence-electron chi connectivity index (χ1n) is 10.3. The van der Waals surface area contributed by atoms with Crippen molar-refractivity contribution < 1.29 is 9.53 Å². The molecule has 1 aromatic carbocycles. The number of fused-ring (bicyclic) bond motifs is 2. The molecule has 3 aliphatic rings. The highest BCUT2D eigenvalue weighted by molar-refractivity contribution is 6.13. The SMILES string of the molecule is COc1ccc(C)cc1[C@@H]1CC(=O)[C@]2(C=C1C)C(C)=N[C@]1(C)CCCC[C@@H]21. The molecule has 1 aromatic rings. The zero-order chi connectivity index (χ0) is 19.4. The molecule has 0 saturated heterocycles. The summed E-state index contributed by atoms with van der Waals surface area (Å²) in [6, 6.07) is 6.26. The molecule has 144 valence electrons. The first-order chi connectivity index (χ1) is 12.8. The maximum Gasteiger partial charge on any atom is 0.149 e. The van der Waals surface area contributed by atoms with E-state index in [1.807, 2.05) is 6.07 Å². The zero-order valence-electron chi connectivity index (χ0n) is 17.3. The summed E-state index contributed by atoms with van der Waals surface area (Å²) in [5, 5.41) is 0. The lowest BCUT2D eigenvalue weighted by molar-refractivity contribution is -0.127. The highest BCUT2D eigenvalue weighted by Crippen LogP contribution is 2.57. The van der Waals surface area contributed by atoms with Crippen molar-refractivity contribution in [3.63, 3.8) is 0 Å². The summed E-state index contributed by atoms with van der Waals surface area (Å²) in [6.45, 7) is 8.63. The fraction of sp³-hybridized carbons (Fsp3) is 0.583. The van der Waals surface area contributed by atoms with Gasteiger partial charge in [-0.2, -0.15) is 0 Å². The predicted octanol–water partition coefficient (Wildman–Crippen LogP) is 5.42. The van der Waals surface area contributed by atoms with Crippen LogP contribution in [0.1, 0.15) is 69.9 Å². The lowest BCUT2D eigenvalue weighted by Gasteiger charge is -2.44. The Bertz CT molecular complexity index is 852. The van der Waals surface area contributed by atoms with Crippen LogP contribution < -0.4 is 4.74 Å². The van der Waals surface area contributed by atoms with Crippen LogP contribution in [0.4, 0.5) is 0 Å². The van der Waals surface area contributed by atoms with Crippen molar-refractivity contribution in [1.82, 2.24) is 0 Å². The van der Waals surface area contributed by atoms with Gasteiger partial charge in [0.25, 0.3) is 0 Å². The van der Waals surface area contributed by atoms with E-state index in [4.69, 9.17) is 9.73 Å². The quantitative estimate of drug-likeness (QED) is 0.657. The third-order valence-electron chi connectivity index (χ3n) is 7.36. The molecule has 0 N–H and O–H groups in total. The predicted molar refractivity (Wildman–Crippen MR) is 110 cm³/mol. The molecule has 0 radical (unpaired) electrons. The number of hydrogen-bond acceptors (Lipinski definition) is 3. The number of hydrogen-bond donors (Lipinski definition) is 0. The maximum absolute atomic E-state index is 13.7. The highest BCUT2D eigenvalue weighted by atomic mass is 16.5. The number of nitrogens with zero attached hydrogens (tertiary/aromatic N) is 1. The van der Waals surface area contributed by atoms with E-state index in [-0.39, 0.29) is 11.5 Å². The van der Waals surface area contributed by atoms with Gasteiger partial charge in [0.05, 0.1) is 18.1 Å². The minimum atomic E-state index is -0.479. The summed E-state index contributed by atoms with van der Waals surface area (Å²) in [7, 11) is 1.71. The Morgan fingerprint density at radius 2 is 1.96 bits per heavy atom. The Morgan fingerprint density at radius 1 is 1.19 bits per heavy atom. The number of carbonyl (C=O) groups is 1. The summed E-state index contributed by atoms with van der Waals surface area (Å²) >= 11 is 0. The summed E-state index contributed by atoms with van der Waals surface area (Å²) in [5.74, 6) is 1.64. The van der Waals surface area contributed by atoms with Gasteiger partial charge in [-0.25, -0.2) is 0 Å². The van der Waals surface area contributed by atoms with E-state index in [0.29, 0.717) is 18.1 Å². The normalized spacial score (nSPS) is 35.7. The van der Waals surface area contributed by atoms with Gasteiger partial charge in [-0.3, -0.25) is 9.79 Å². The van der Waals surface area contributed by atoms with Gasteiger partial charge in [0, 0.05) is 29.5 Å². The van der Waals surface area contributed by atoms with E-state index in [9.17, 15) is 4.79 Å². The summed E-state index contributed by atoms with van der Waals surface area (Å²) < 4.78 is 5.61. The van der Waals surface area contributed by atoms with Crippen LogP contribution in [0.3, 0.4) is 0 Å². The summed E-state index contributed by atoms with van der Waals surface area (Å²) in [4.78, 5) is 18.7. The van der Waals surface area contributed by atoms with E-state index in [1.165, 1.54) is 24.0 Å². The molecular formula is C24H31NO2. The smallest absolute Gasteiger partial charge is 0.149 e. The average molecular weight is 366 g/mol. The molecule has 3 heteroatoms. The number of rotatable bonds is 2. The summed E-state index contributed by atoms with van der Waals surface area (Å²) in [5.41, 5.74) is 4.10. The minimum absolute atomic E-state index is 0.0668. The van der Waals surface area contributed by atoms with Crippen LogP contribution in [0.2, 0.25) is 0 Å². The maximum atomic E-state index is 13.7. The first kappa shape index (κ1) is 18.5. The number of ketones is 1. The van der Waals surface area contributed by atoms with Crippen LogP contribution in [0.25, 0.3) is 0 Å². The van der Waals surface area contributed by atoms with Gasteiger partial charge in [-0.05, 0) is 46.6 Å². The number of aliphatic imine (C=N–C) groups is 1. The van der Waals surface area contributed by atoms with Crippen LogP contribution >= 0.6 is 0 Å². The van der Waals surface area contributed by atoms with Crippen molar-refractivity contribution in [2.24, 2.45) is 16.3 Å². The largest absolute Gasteiger partial charge is 0.496 e. The molecular weight excluding hydrogens is 334 g/mol. The number of carbonyl (C=O) groups excluding carboxylic acids is 1. The van der Waals surface area contributed by atoms with E-state index in [2.05, 4.69) is 45.9 Å². The third kappa shape index (κ3) is 2.61. The molecule has 0 aromatic heterocycles. The fourth-order valence-corrected chi connectivity index (χ4v) is 6.03. The molecule has 1 saturated carbocycles. The number of benzene rings is 1. The van der Waals surface area contributed by atoms with Crippen LogP contribution in [0.5, 0.6) is 5.75 Å². The molecule has 1 aliphatic heterocycles. The van der Waals surface area contributed by atoms with Gasteiger partial charge >= 0.3 is 0 Å². The number of aryl methyl sites for hydroxylation is 1. The fourth-order valence-electron chi connectivity index (χ4n) is 6.03. The monoisotopic (exact) mass is 365 g/mol. The molecule has 1 fully saturated rings. The lowest BCUT2D eigenvalue weighted by Crippen LogP contribution is -2.49. The van der Waals surface area contributed by atoms with Gasteiger partial charge in [0.2, 0.25) is 0 Å². The molecule has 4 atom stereocenters. The Kier molecular flexibility index (Phi) is 4.32. The first-order valence-corrected chi connectivity index (χ1v) is 10.3. The second-order valence-electron chi connectivity index (χ2n) is 9.04. The minimum Gasteiger partial charge on any atom is -0.496 e. The lowest BCUT2D eigenvalue weighted by atomic mass is 9.56.